The van der Waals surface area contributed by atoms with Crippen molar-refractivity contribution < 1.29 is 13.9 Å². The van der Waals surface area contributed by atoms with E-state index in [1.807, 2.05) is 0 Å². The number of carbonyl (C=O) groups excluding carboxylic acids is 1. The Morgan fingerprint density at radius 3 is 2.92 bits per heavy atom. The zero-order chi connectivity index (χ0) is 16.7. The third kappa shape index (κ3) is 3.09. The number of benzene rings is 1. The summed E-state index contributed by atoms with van der Waals surface area (Å²) in [5.41, 5.74) is 0. The van der Waals surface area contributed by atoms with Crippen LogP contribution in [-0.4, -0.2) is 29.0 Å². The lowest BCUT2D eigenvalue weighted by Crippen LogP contribution is -2.43. The SMILES string of the molecule is O=C(N[C@@H]1C[C@H]2CC[C@@H]1N2)c1ncc(Oc2ccc(Cl)c(Cl)c2)o1. The van der Waals surface area contributed by atoms with Crippen molar-refractivity contribution in [1.29, 1.82) is 0 Å². The predicted molar refractivity (Wildman–Crippen MR) is 88.9 cm³/mol. The van der Waals surface area contributed by atoms with E-state index in [0.717, 1.165) is 12.8 Å². The van der Waals surface area contributed by atoms with Crippen LogP contribution in [0.15, 0.2) is 28.8 Å². The molecule has 2 saturated heterocycles. The molecule has 126 valence electrons. The van der Waals surface area contributed by atoms with E-state index >= 15 is 0 Å². The van der Waals surface area contributed by atoms with Crippen molar-refractivity contribution in [3.63, 3.8) is 0 Å². The molecule has 6 nitrogen and oxygen atoms in total. The summed E-state index contributed by atoms with van der Waals surface area (Å²) in [5, 5.41) is 7.24. The number of ether oxygens (including phenoxy) is 1. The van der Waals surface area contributed by atoms with Gasteiger partial charge in [0, 0.05) is 24.2 Å². The van der Waals surface area contributed by atoms with Crippen LogP contribution in [-0.2, 0) is 0 Å². The van der Waals surface area contributed by atoms with E-state index < -0.39 is 0 Å². The highest BCUT2D eigenvalue weighted by Crippen LogP contribution is 2.30. The zero-order valence-electron chi connectivity index (χ0n) is 12.6. The van der Waals surface area contributed by atoms with Gasteiger partial charge in [0.1, 0.15) is 11.9 Å². The molecule has 2 N–H and O–H groups in total. The molecule has 24 heavy (non-hydrogen) atoms. The summed E-state index contributed by atoms with van der Waals surface area (Å²) >= 11 is 11.8. The largest absolute Gasteiger partial charge is 0.425 e. The Balaban J connectivity index is 1.40. The van der Waals surface area contributed by atoms with E-state index in [4.69, 9.17) is 32.4 Å². The number of halogens is 2. The average molecular weight is 368 g/mol. The van der Waals surface area contributed by atoms with Crippen LogP contribution in [0.5, 0.6) is 11.7 Å². The lowest BCUT2D eigenvalue weighted by molar-refractivity contribution is 0.0891. The normalized spacial score (nSPS) is 25.0. The molecule has 1 aromatic heterocycles. The lowest BCUT2D eigenvalue weighted by atomic mass is 9.95. The van der Waals surface area contributed by atoms with Crippen molar-refractivity contribution in [2.24, 2.45) is 0 Å². The Hall–Kier alpha value is -1.76. The molecule has 4 rings (SSSR count). The standard InChI is InChI=1S/C16H15Cl2N3O3/c17-10-3-2-9(6-11(10)18)23-14-7-19-16(24-14)15(22)21-13-5-8-1-4-12(13)20-8/h2-3,6-8,12-13,20H,1,4-5H2,(H,21,22)/t8-,12+,13-/m1/s1. The quantitative estimate of drug-likeness (QED) is 0.865. The Labute approximate surface area is 148 Å². The van der Waals surface area contributed by atoms with E-state index in [9.17, 15) is 4.79 Å². The molecule has 2 aromatic rings. The van der Waals surface area contributed by atoms with Crippen LogP contribution in [0.2, 0.25) is 10.0 Å². The van der Waals surface area contributed by atoms with Crippen LogP contribution in [0.1, 0.15) is 29.9 Å². The first-order valence-corrected chi connectivity index (χ1v) is 8.50. The summed E-state index contributed by atoms with van der Waals surface area (Å²) in [5.74, 6) is 0.209. The van der Waals surface area contributed by atoms with Gasteiger partial charge in [-0.3, -0.25) is 4.79 Å². The van der Waals surface area contributed by atoms with Crippen molar-refractivity contribution in [3.05, 3.63) is 40.3 Å². The monoisotopic (exact) mass is 367 g/mol. The molecule has 1 aromatic carbocycles. The van der Waals surface area contributed by atoms with Crippen LogP contribution < -0.4 is 15.4 Å². The van der Waals surface area contributed by atoms with Gasteiger partial charge in [0.2, 0.25) is 0 Å². The molecule has 0 radical (unpaired) electrons. The van der Waals surface area contributed by atoms with Gasteiger partial charge < -0.3 is 19.8 Å². The second-order valence-corrected chi connectivity index (χ2v) is 6.84. The number of hydrogen-bond donors (Lipinski definition) is 2. The minimum atomic E-state index is -0.335. The number of nitrogens with one attached hydrogen (secondary N) is 2. The molecule has 0 saturated carbocycles. The van der Waals surface area contributed by atoms with E-state index in [1.165, 1.54) is 12.6 Å². The van der Waals surface area contributed by atoms with Crippen molar-refractivity contribution in [3.8, 4) is 11.7 Å². The first-order valence-electron chi connectivity index (χ1n) is 7.74. The molecule has 0 aliphatic carbocycles. The number of nitrogens with zero attached hydrogens (tertiary/aromatic N) is 1. The molecule has 1 amide bonds. The summed E-state index contributed by atoms with van der Waals surface area (Å²) in [6, 6.07) is 5.82. The number of aromatic nitrogens is 1. The Bertz CT molecular complexity index is 780. The number of oxazole rings is 1. The van der Waals surface area contributed by atoms with Crippen LogP contribution in [0.25, 0.3) is 0 Å². The molecule has 2 aliphatic rings. The fraction of sp³-hybridized carbons (Fsp3) is 0.375. The van der Waals surface area contributed by atoms with E-state index in [0.29, 0.717) is 27.9 Å². The second-order valence-electron chi connectivity index (χ2n) is 6.03. The predicted octanol–water partition coefficient (Wildman–Crippen LogP) is 3.40. The number of amides is 1. The highest BCUT2D eigenvalue weighted by molar-refractivity contribution is 6.42. The lowest BCUT2D eigenvalue weighted by Gasteiger charge is -2.20. The fourth-order valence-electron chi connectivity index (χ4n) is 3.28. The Kier molecular flexibility index (Phi) is 4.12. The molecule has 3 atom stereocenters. The molecule has 2 aliphatic heterocycles. The topological polar surface area (TPSA) is 76.4 Å². The number of rotatable bonds is 4. The highest BCUT2D eigenvalue weighted by atomic mass is 35.5. The Morgan fingerprint density at radius 2 is 2.21 bits per heavy atom. The average Bonchev–Trinajstić information content (AvgIpc) is 3.27. The maximum absolute atomic E-state index is 12.3. The van der Waals surface area contributed by atoms with Crippen LogP contribution in [0.4, 0.5) is 0 Å². The van der Waals surface area contributed by atoms with Gasteiger partial charge in [0.25, 0.3) is 5.89 Å². The van der Waals surface area contributed by atoms with E-state index in [1.54, 1.807) is 18.2 Å². The summed E-state index contributed by atoms with van der Waals surface area (Å²) in [6.45, 7) is 0. The van der Waals surface area contributed by atoms with Gasteiger partial charge in [-0.2, -0.15) is 0 Å². The molecule has 8 heteroatoms. The van der Waals surface area contributed by atoms with Crippen molar-refractivity contribution in [2.75, 3.05) is 0 Å². The van der Waals surface area contributed by atoms with Gasteiger partial charge in [-0.1, -0.05) is 23.2 Å². The fourth-order valence-corrected chi connectivity index (χ4v) is 3.57. The third-order valence-electron chi connectivity index (χ3n) is 4.40. The van der Waals surface area contributed by atoms with E-state index in [-0.39, 0.29) is 23.8 Å². The minimum Gasteiger partial charge on any atom is -0.425 e. The van der Waals surface area contributed by atoms with Crippen LogP contribution in [0, 0.1) is 0 Å². The van der Waals surface area contributed by atoms with Crippen LogP contribution >= 0.6 is 23.2 Å². The van der Waals surface area contributed by atoms with Gasteiger partial charge >= 0.3 is 11.9 Å². The highest BCUT2D eigenvalue weighted by Gasteiger charge is 2.40. The smallest absolute Gasteiger partial charge is 0.311 e. The van der Waals surface area contributed by atoms with E-state index in [2.05, 4.69) is 15.6 Å². The van der Waals surface area contributed by atoms with Gasteiger partial charge in [-0.15, -0.1) is 0 Å². The van der Waals surface area contributed by atoms with Crippen molar-refractivity contribution >= 4 is 29.1 Å². The third-order valence-corrected chi connectivity index (χ3v) is 5.14. The van der Waals surface area contributed by atoms with Gasteiger partial charge in [0.15, 0.2) is 0 Å². The molecule has 2 fully saturated rings. The van der Waals surface area contributed by atoms with Gasteiger partial charge in [-0.25, -0.2) is 4.98 Å². The van der Waals surface area contributed by atoms with Crippen molar-refractivity contribution in [2.45, 2.75) is 37.4 Å². The maximum Gasteiger partial charge on any atom is 0.311 e. The number of hydrogen-bond acceptors (Lipinski definition) is 5. The first kappa shape index (κ1) is 15.7. The van der Waals surface area contributed by atoms with Crippen molar-refractivity contribution in [1.82, 2.24) is 15.6 Å². The zero-order valence-corrected chi connectivity index (χ0v) is 14.1. The molecular formula is C16H15Cl2N3O3. The number of fused-ring (bicyclic) bond motifs is 2. The van der Waals surface area contributed by atoms with Gasteiger partial charge in [0.05, 0.1) is 10.0 Å². The first-order chi connectivity index (χ1) is 11.6. The number of carbonyl (C=O) groups is 1. The summed E-state index contributed by atoms with van der Waals surface area (Å²) in [6.07, 6.45) is 4.57. The minimum absolute atomic E-state index is 0.0205. The summed E-state index contributed by atoms with van der Waals surface area (Å²) in [4.78, 5) is 16.2. The maximum atomic E-state index is 12.3. The summed E-state index contributed by atoms with van der Waals surface area (Å²) < 4.78 is 10.9. The second kappa shape index (κ2) is 6.27. The molecular weight excluding hydrogens is 353 g/mol. The van der Waals surface area contributed by atoms with Crippen LogP contribution in [0.3, 0.4) is 0 Å². The van der Waals surface area contributed by atoms with Gasteiger partial charge in [-0.05, 0) is 31.4 Å². The molecule has 0 spiro atoms. The summed E-state index contributed by atoms with van der Waals surface area (Å²) in [7, 11) is 0. The molecule has 0 unspecified atom stereocenters. The molecule has 3 heterocycles. The molecule has 2 bridgehead atoms. The Morgan fingerprint density at radius 1 is 1.33 bits per heavy atom.